The molecule has 0 radical (unpaired) electrons. The zero-order valence-electron chi connectivity index (χ0n) is 16.8. The smallest absolute Gasteiger partial charge is 0.269 e. The standard InChI is InChI=1S/C21H34N2O5/c1-2-3-4-5-6-7-8-9-10-11-18(24)21(26)19(22)20(25)16-12-14-17(15-13-16)23(27)28/h12-15,19-21,25-26H,2-11,22H2,1H3. The third-order valence-corrected chi connectivity index (χ3v) is 5.03. The Bertz CT molecular complexity index is 591. The highest BCUT2D eigenvalue weighted by molar-refractivity contribution is 5.83. The summed E-state index contributed by atoms with van der Waals surface area (Å²) >= 11 is 0. The van der Waals surface area contributed by atoms with E-state index in [1.807, 2.05) is 0 Å². The number of carbonyl (C=O) groups is 1. The second kappa shape index (κ2) is 13.4. The van der Waals surface area contributed by atoms with Gasteiger partial charge in [-0.05, 0) is 24.1 Å². The van der Waals surface area contributed by atoms with Crippen molar-refractivity contribution < 1.29 is 19.9 Å². The maximum absolute atomic E-state index is 12.1. The number of nitrogens with zero attached hydrogens (tertiary/aromatic N) is 1. The van der Waals surface area contributed by atoms with Crippen LogP contribution in [0.2, 0.25) is 0 Å². The van der Waals surface area contributed by atoms with Crippen molar-refractivity contribution >= 4 is 11.5 Å². The minimum absolute atomic E-state index is 0.105. The van der Waals surface area contributed by atoms with Gasteiger partial charge < -0.3 is 15.9 Å². The molecule has 1 aromatic carbocycles. The van der Waals surface area contributed by atoms with E-state index in [-0.39, 0.29) is 17.9 Å². The Morgan fingerprint density at radius 1 is 1.00 bits per heavy atom. The minimum atomic E-state index is -1.46. The van der Waals surface area contributed by atoms with Gasteiger partial charge in [-0.25, -0.2) is 0 Å². The number of carbonyl (C=O) groups excluding carboxylic acids is 1. The van der Waals surface area contributed by atoms with Crippen molar-refractivity contribution in [1.82, 2.24) is 0 Å². The topological polar surface area (TPSA) is 127 Å². The van der Waals surface area contributed by atoms with E-state index in [1.54, 1.807) is 0 Å². The fourth-order valence-corrected chi connectivity index (χ4v) is 3.16. The normalized spacial score (nSPS) is 14.4. The number of aliphatic hydroxyl groups excluding tert-OH is 2. The summed E-state index contributed by atoms with van der Waals surface area (Å²) in [5, 5.41) is 31.1. The lowest BCUT2D eigenvalue weighted by Crippen LogP contribution is -2.44. The van der Waals surface area contributed by atoms with E-state index < -0.39 is 23.2 Å². The van der Waals surface area contributed by atoms with Gasteiger partial charge in [0.05, 0.1) is 17.1 Å². The molecule has 7 heteroatoms. The van der Waals surface area contributed by atoms with E-state index in [4.69, 9.17) is 5.73 Å². The van der Waals surface area contributed by atoms with Gasteiger partial charge in [-0.3, -0.25) is 14.9 Å². The first kappa shape index (κ1) is 24.2. The summed E-state index contributed by atoms with van der Waals surface area (Å²) in [6.07, 6.45) is 7.69. The van der Waals surface area contributed by atoms with Crippen molar-refractivity contribution in [2.75, 3.05) is 0 Å². The zero-order valence-corrected chi connectivity index (χ0v) is 16.8. The second-order valence-corrected chi connectivity index (χ2v) is 7.36. The van der Waals surface area contributed by atoms with Crippen LogP contribution in [0.3, 0.4) is 0 Å². The maximum atomic E-state index is 12.1. The van der Waals surface area contributed by atoms with E-state index in [2.05, 4.69) is 6.92 Å². The summed E-state index contributed by atoms with van der Waals surface area (Å²) in [4.78, 5) is 22.3. The summed E-state index contributed by atoms with van der Waals surface area (Å²) in [7, 11) is 0. The monoisotopic (exact) mass is 394 g/mol. The van der Waals surface area contributed by atoms with Crippen LogP contribution in [0, 0.1) is 10.1 Å². The van der Waals surface area contributed by atoms with Gasteiger partial charge >= 0.3 is 0 Å². The predicted octanol–water partition coefficient (Wildman–Crippen LogP) is 3.81. The average Bonchev–Trinajstić information content (AvgIpc) is 2.70. The largest absolute Gasteiger partial charge is 0.387 e. The molecule has 0 fully saturated rings. The van der Waals surface area contributed by atoms with Crippen LogP contribution in [0.25, 0.3) is 0 Å². The highest BCUT2D eigenvalue weighted by Gasteiger charge is 2.29. The Morgan fingerprint density at radius 2 is 1.50 bits per heavy atom. The Morgan fingerprint density at radius 3 is 2.00 bits per heavy atom. The Balaban J connectivity index is 2.32. The number of hydrogen-bond acceptors (Lipinski definition) is 6. The quantitative estimate of drug-likeness (QED) is 0.236. The van der Waals surface area contributed by atoms with Crippen molar-refractivity contribution in [2.45, 2.75) is 89.4 Å². The number of nitrogens with two attached hydrogens (primary N) is 1. The number of Topliss-reactive ketones (excluding diaryl/α,β-unsaturated/α-hetero) is 1. The number of unbranched alkanes of at least 4 members (excludes halogenated alkanes) is 8. The molecule has 0 saturated heterocycles. The maximum Gasteiger partial charge on any atom is 0.269 e. The van der Waals surface area contributed by atoms with E-state index in [1.165, 1.54) is 62.8 Å². The summed E-state index contributed by atoms with van der Waals surface area (Å²) in [5.41, 5.74) is 6.07. The molecule has 1 aromatic rings. The molecule has 0 amide bonds. The van der Waals surface area contributed by atoms with Crippen LogP contribution in [0.15, 0.2) is 24.3 Å². The average molecular weight is 395 g/mol. The summed E-state index contributed by atoms with van der Waals surface area (Å²) < 4.78 is 0. The molecule has 28 heavy (non-hydrogen) atoms. The lowest BCUT2D eigenvalue weighted by molar-refractivity contribution is -0.384. The number of non-ortho nitro benzene ring substituents is 1. The van der Waals surface area contributed by atoms with Crippen LogP contribution >= 0.6 is 0 Å². The van der Waals surface area contributed by atoms with Gasteiger partial charge in [0.1, 0.15) is 6.10 Å². The van der Waals surface area contributed by atoms with E-state index in [0.29, 0.717) is 12.0 Å². The van der Waals surface area contributed by atoms with E-state index >= 15 is 0 Å². The van der Waals surface area contributed by atoms with Crippen LogP contribution < -0.4 is 5.73 Å². The predicted molar refractivity (Wildman–Crippen MR) is 109 cm³/mol. The Hall–Kier alpha value is -1.83. The number of rotatable bonds is 15. The van der Waals surface area contributed by atoms with Crippen LogP contribution in [0.4, 0.5) is 5.69 Å². The summed E-state index contributed by atoms with van der Waals surface area (Å²) in [5.74, 6) is -0.378. The number of nitro benzene ring substituents is 1. The molecule has 0 saturated carbocycles. The molecular weight excluding hydrogens is 360 g/mol. The lowest BCUT2D eigenvalue weighted by atomic mass is 9.94. The SMILES string of the molecule is CCCCCCCCCCCC(=O)C(O)C(N)C(O)c1ccc([N+](=O)[O-])cc1. The van der Waals surface area contributed by atoms with Crippen molar-refractivity contribution in [3.8, 4) is 0 Å². The lowest BCUT2D eigenvalue weighted by Gasteiger charge is -2.23. The van der Waals surface area contributed by atoms with Crippen LogP contribution in [-0.2, 0) is 4.79 Å². The molecule has 4 N–H and O–H groups in total. The molecule has 0 bridgehead atoms. The number of benzene rings is 1. The molecule has 3 unspecified atom stereocenters. The third-order valence-electron chi connectivity index (χ3n) is 5.03. The van der Waals surface area contributed by atoms with Crippen LogP contribution in [-0.4, -0.2) is 33.1 Å². The zero-order chi connectivity index (χ0) is 20.9. The first-order valence-corrected chi connectivity index (χ1v) is 10.3. The number of nitro groups is 1. The van der Waals surface area contributed by atoms with Gasteiger partial charge in [-0.15, -0.1) is 0 Å². The molecule has 0 aliphatic heterocycles. The molecule has 0 aromatic heterocycles. The molecule has 158 valence electrons. The minimum Gasteiger partial charge on any atom is -0.387 e. The fourth-order valence-electron chi connectivity index (χ4n) is 3.16. The molecule has 7 nitrogen and oxygen atoms in total. The summed E-state index contributed by atoms with van der Waals surface area (Å²) in [6, 6.07) is 4.08. The van der Waals surface area contributed by atoms with Crippen molar-refractivity contribution in [2.24, 2.45) is 5.73 Å². The van der Waals surface area contributed by atoms with Crippen LogP contribution in [0.5, 0.6) is 0 Å². The highest BCUT2D eigenvalue weighted by Crippen LogP contribution is 2.22. The van der Waals surface area contributed by atoms with Gasteiger partial charge in [-0.1, -0.05) is 58.3 Å². The van der Waals surface area contributed by atoms with Gasteiger partial charge in [0.15, 0.2) is 5.78 Å². The number of ketones is 1. The third kappa shape index (κ3) is 8.46. The van der Waals surface area contributed by atoms with Crippen molar-refractivity contribution in [1.29, 1.82) is 0 Å². The van der Waals surface area contributed by atoms with Crippen LogP contribution in [0.1, 0.15) is 82.8 Å². The van der Waals surface area contributed by atoms with Gasteiger partial charge in [0, 0.05) is 18.6 Å². The molecule has 0 aliphatic rings. The first-order valence-electron chi connectivity index (χ1n) is 10.3. The first-order chi connectivity index (χ1) is 13.4. The Labute approximate surface area is 167 Å². The number of hydrogen-bond donors (Lipinski definition) is 3. The molecular formula is C21H34N2O5. The fraction of sp³-hybridized carbons (Fsp3) is 0.667. The van der Waals surface area contributed by atoms with Crippen molar-refractivity contribution in [3.05, 3.63) is 39.9 Å². The second-order valence-electron chi connectivity index (χ2n) is 7.36. The molecule has 1 rings (SSSR count). The molecule has 0 heterocycles. The number of aliphatic hydroxyl groups is 2. The van der Waals surface area contributed by atoms with Gasteiger partial charge in [0.2, 0.25) is 0 Å². The van der Waals surface area contributed by atoms with Crippen molar-refractivity contribution in [3.63, 3.8) is 0 Å². The molecule has 3 atom stereocenters. The highest BCUT2D eigenvalue weighted by atomic mass is 16.6. The van der Waals surface area contributed by atoms with Gasteiger partial charge in [0.25, 0.3) is 5.69 Å². The van der Waals surface area contributed by atoms with Gasteiger partial charge in [-0.2, -0.15) is 0 Å². The molecule has 0 spiro atoms. The van der Waals surface area contributed by atoms with E-state index in [0.717, 1.165) is 12.8 Å². The van der Waals surface area contributed by atoms with E-state index in [9.17, 15) is 25.1 Å². The molecule has 0 aliphatic carbocycles. The summed E-state index contributed by atoms with van der Waals surface area (Å²) in [6.45, 7) is 2.20. The Kier molecular flexibility index (Phi) is 11.6.